The molecule has 3 heteroatoms. The van der Waals surface area contributed by atoms with Crippen LogP contribution >= 0.6 is 0 Å². The molecule has 0 aliphatic heterocycles. The van der Waals surface area contributed by atoms with E-state index >= 15 is 0 Å². The lowest BCUT2D eigenvalue weighted by atomic mass is 9.97. The monoisotopic (exact) mass is 141 g/mol. The lowest BCUT2D eigenvalue weighted by Gasteiger charge is -2.17. The molecular formula is C7H9O3. The van der Waals surface area contributed by atoms with Crippen molar-refractivity contribution in [3.63, 3.8) is 0 Å². The van der Waals surface area contributed by atoms with Gasteiger partial charge in [0.1, 0.15) is 11.9 Å². The molecule has 0 spiro atoms. The third-order valence-electron chi connectivity index (χ3n) is 1.65. The topological polar surface area (TPSA) is 43.4 Å². The lowest BCUT2D eigenvalue weighted by molar-refractivity contribution is -0.122. The van der Waals surface area contributed by atoms with Crippen LogP contribution in [0.4, 0.5) is 0 Å². The zero-order valence-corrected chi connectivity index (χ0v) is 5.63. The van der Waals surface area contributed by atoms with Gasteiger partial charge in [-0.1, -0.05) is 0 Å². The Balaban J connectivity index is 2.31. The summed E-state index contributed by atoms with van der Waals surface area (Å²) < 4.78 is 4.53. The van der Waals surface area contributed by atoms with Crippen molar-refractivity contribution in [3.8, 4) is 0 Å². The van der Waals surface area contributed by atoms with Crippen molar-refractivity contribution in [1.82, 2.24) is 0 Å². The average Bonchev–Trinajstić information content (AvgIpc) is 1.88. The van der Waals surface area contributed by atoms with Gasteiger partial charge in [-0.2, -0.15) is 0 Å². The molecule has 0 aromatic heterocycles. The van der Waals surface area contributed by atoms with Crippen molar-refractivity contribution < 1.29 is 14.3 Å². The number of ether oxygens (including phenoxy) is 1. The van der Waals surface area contributed by atoms with E-state index in [-0.39, 0.29) is 11.9 Å². The van der Waals surface area contributed by atoms with Crippen molar-refractivity contribution in [2.75, 3.05) is 0 Å². The Hall–Kier alpha value is -0.860. The molecule has 10 heavy (non-hydrogen) atoms. The van der Waals surface area contributed by atoms with E-state index in [0.717, 1.165) is 12.8 Å². The number of Topliss-reactive ketones (excluding diaryl/α,β-unsaturated/α-hetero) is 1. The van der Waals surface area contributed by atoms with Gasteiger partial charge in [-0.3, -0.25) is 4.79 Å². The molecule has 0 amide bonds. The van der Waals surface area contributed by atoms with Gasteiger partial charge in [-0.05, 0) is 12.8 Å². The lowest BCUT2D eigenvalue weighted by Crippen LogP contribution is -2.21. The smallest absolute Gasteiger partial charge is 0.417 e. The van der Waals surface area contributed by atoms with Crippen LogP contribution in [0.1, 0.15) is 25.7 Å². The first-order valence-electron chi connectivity index (χ1n) is 3.37. The molecule has 3 nitrogen and oxygen atoms in total. The van der Waals surface area contributed by atoms with Crippen LogP contribution in [-0.4, -0.2) is 18.4 Å². The standard InChI is InChI=1S/C7H9O3/c8-5-10-7-3-1-2-6(9)4-7/h7H,1-4H2. The van der Waals surface area contributed by atoms with Crippen molar-refractivity contribution >= 4 is 12.3 Å². The maximum Gasteiger partial charge on any atom is 0.417 e. The van der Waals surface area contributed by atoms with Crippen LogP contribution in [0.2, 0.25) is 0 Å². The molecule has 1 unspecified atom stereocenters. The van der Waals surface area contributed by atoms with Crippen LogP contribution in [0.5, 0.6) is 0 Å². The maximum absolute atomic E-state index is 10.7. The van der Waals surface area contributed by atoms with Crippen molar-refractivity contribution in [2.24, 2.45) is 0 Å². The Morgan fingerprint density at radius 1 is 1.60 bits per heavy atom. The fraction of sp³-hybridized carbons (Fsp3) is 0.714. The Morgan fingerprint density at radius 3 is 3.00 bits per heavy atom. The quantitative estimate of drug-likeness (QED) is 0.565. The van der Waals surface area contributed by atoms with Crippen LogP contribution < -0.4 is 0 Å². The first-order chi connectivity index (χ1) is 4.83. The zero-order valence-electron chi connectivity index (χ0n) is 5.63. The zero-order chi connectivity index (χ0) is 7.40. The molecular weight excluding hydrogens is 132 g/mol. The van der Waals surface area contributed by atoms with Crippen molar-refractivity contribution in [3.05, 3.63) is 0 Å². The van der Waals surface area contributed by atoms with Gasteiger partial charge in [0.2, 0.25) is 0 Å². The number of hydrogen-bond acceptors (Lipinski definition) is 3. The van der Waals surface area contributed by atoms with E-state index in [0.29, 0.717) is 12.8 Å². The molecule has 1 saturated carbocycles. The normalized spacial score (nSPS) is 26.0. The summed E-state index contributed by atoms with van der Waals surface area (Å²) in [7, 11) is 0. The molecule has 0 bridgehead atoms. The van der Waals surface area contributed by atoms with E-state index in [1.165, 1.54) is 6.47 Å². The summed E-state index contributed by atoms with van der Waals surface area (Å²) in [4.78, 5) is 20.5. The highest BCUT2D eigenvalue weighted by Crippen LogP contribution is 2.16. The summed E-state index contributed by atoms with van der Waals surface area (Å²) in [5.41, 5.74) is 0. The second kappa shape index (κ2) is 3.34. The molecule has 1 radical (unpaired) electrons. The SMILES string of the molecule is O=[C]OC1CCCC(=O)C1. The van der Waals surface area contributed by atoms with Crippen LogP contribution in [0.25, 0.3) is 0 Å². The Bertz CT molecular complexity index is 142. The molecule has 1 aliphatic rings. The first kappa shape index (κ1) is 7.25. The van der Waals surface area contributed by atoms with Crippen molar-refractivity contribution in [2.45, 2.75) is 31.8 Å². The van der Waals surface area contributed by atoms with E-state index in [1.807, 2.05) is 0 Å². The van der Waals surface area contributed by atoms with Gasteiger partial charge in [0.25, 0.3) is 0 Å². The van der Waals surface area contributed by atoms with E-state index < -0.39 is 0 Å². The first-order valence-corrected chi connectivity index (χ1v) is 3.37. The summed E-state index contributed by atoms with van der Waals surface area (Å²) in [6.07, 6.45) is 2.47. The Morgan fingerprint density at radius 2 is 2.40 bits per heavy atom. The predicted octanol–water partition coefficient (Wildman–Crippen LogP) is 0.582. The second-order valence-electron chi connectivity index (χ2n) is 2.46. The molecule has 0 heterocycles. The highest BCUT2D eigenvalue weighted by molar-refractivity contribution is 5.79. The van der Waals surface area contributed by atoms with Gasteiger partial charge in [-0.15, -0.1) is 0 Å². The maximum atomic E-state index is 10.7. The predicted molar refractivity (Wildman–Crippen MR) is 34.0 cm³/mol. The van der Waals surface area contributed by atoms with E-state index in [4.69, 9.17) is 0 Å². The molecule has 0 saturated heterocycles. The highest BCUT2D eigenvalue weighted by Gasteiger charge is 2.19. The number of rotatable bonds is 2. The average molecular weight is 141 g/mol. The van der Waals surface area contributed by atoms with Gasteiger partial charge < -0.3 is 4.74 Å². The fourth-order valence-corrected chi connectivity index (χ4v) is 1.15. The molecule has 0 aromatic carbocycles. The van der Waals surface area contributed by atoms with Crippen LogP contribution in [-0.2, 0) is 14.3 Å². The second-order valence-corrected chi connectivity index (χ2v) is 2.46. The minimum atomic E-state index is -0.196. The van der Waals surface area contributed by atoms with E-state index in [2.05, 4.69) is 4.74 Å². The minimum absolute atomic E-state index is 0.187. The van der Waals surface area contributed by atoms with Crippen LogP contribution in [0.3, 0.4) is 0 Å². The van der Waals surface area contributed by atoms with Gasteiger partial charge in [-0.25, -0.2) is 4.79 Å². The molecule has 55 valence electrons. The number of carbonyl (C=O) groups excluding carboxylic acids is 2. The Labute approximate surface area is 59.4 Å². The van der Waals surface area contributed by atoms with Gasteiger partial charge in [0.05, 0.1) is 0 Å². The molecule has 1 fully saturated rings. The van der Waals surface area contributed by atoms with Crippen molar-refractivity contribution in [1.29, 1.82) is 0 Å². The Kier molecular flexibility index (Phi) is 2.42. The molecule has 0 aromatic rings. The summed E-state index contributed by atoms with van der Waals surface area (Å²) >= 11 is 0. The highest BCUT2D eigenvalue weighted by atomic mass is 16.5. The van der Waals surface area contributed by atoms with E-state index in [9.17, 15) is 9.59 Å². The fourth-order valence-electron chi connectivity index (χ4n) is 1.15. The number of ketones is 1. The van der Waals surface area contributed by atoms with Crippen LogP contribution in [0.15, 0.2) is 0 Å². The van der Waals surface area contributed by atoms with Crippen LogP contribution in [0, 0.1) is 0 Å². The summed E-state index contributed by atoms with van der Waals surface area (Å²) in [5.74, 6) is 0.187. The molecule has 0 N–H and O–H groups in total. The third-order valence-corrected chi connectivity index (χ3v) is 1.65. The molecule has 1 rings (SSSR count). The minimum Gasteiger partial charge on any atom is -0.453 e. The third kappa shape index (κ3) is 1.83. The van der Waals surface area contributed by atoms with E-state index in [1.54, 1.807) is 0 Å². The molecule has 1 aliphatic carbocycles. The summed E-state index contributed by atoms with van der Waals surface area (Å²) in [6.45, 7) is 1.36. The van der Waals surface area contributed by atoms with Gasteiger partial charge in [0.15, 0.2) is 0 Å². The number of hydrogen-bond donors (Lipinski definition) is 0. The summed E-state index contributed by atoms with van der Waals surface area (Å²) in [5, 5.41) is 0. The largest absolute Gasteiger partial charge is 0.453 e. The number of carbonyl (C=O) groups is 1. The van der Waals surface area contributed by atoms with Gasteiger partial charge in [0, 0.05) is 12.8 Å². The van der Waals surface area contributed by atoms with Gasteiger partial charge >= 0.3 is 6.47 Å². The summed E-state index contributed by atoms with van der Waals surface area (Å²) in [6, 6.07) is 0. The molecule has 1 atom stereocenters.